The zero-order valence-electron chi connectivity index (χ0n) is 14.0. The molecule has 0 aliphatic carbocycles. The van der Waals surface area contributed by atoms with Crippen LogP contribution >= 0.6 is 0 Å². The van der Waals surface area contributed by atoms with Crippen LogP contribution in [0.5, 0.6) is 0 Å². The lowest BCUT2D eigenvalue weighted by atomic mass is 10.2. The topological polar surface area (TPSA) is 66.5 Å². The van der Waals surface area contributed by atoms with Gasteiger partial charge >= 0.3 is 0 Å². The second-order valence-corrected chi connectivity index (χ2v) is 7.84. The van der Waals surface area contributed by atoms with Gasteiger partial charge in [0.15, 0.2) is 0 Å². The highest BCUT2D eigenvalue weighted by molar-refractivity contribution is 7.92. The summed E-state index contributed by atoms with van der Waals surface area (Å²) >= 11 is 0. The number of carbonyl (C=O) groups excluding carboxylic acids is 1. The third-order valence-corrected chi connectivity index (χ3v) is 5.73. The van der Waals surface area contributed by atoms with E-state index in [4.69, 9.17) is 0 Å². The molecule has 132 valence electrons. The summed E-state index contributed by atoms with van der Waals surface area (Å²) in [6.07, 6.45) is 1.30. The van der Waals surface area contributed by atoms with Crippen LogP contribution in [0.3, 0.4) is 0 Å². The zero-order valence-corrected chi connectivity index (χ0v) is 14.9. The van der Waals surface area contributed by atoms with Crippen LogP contribution in [0.2, 0.25) is 0 Å². The van der Waals surface area contributed by atoms with Gasteiger partial charge in [0.25, 0.3) is 10.0 Å². The highest BCUT2D eigenvalue weighted by atomic mass is 32.2. The van der Waals surface area contributed by atoms with Crippen molar-refractivity contribution in [1.29, 1.82) is 0 Å². The van der Waals surface area contributed by atoms with E-state index in [9.17, 15) is 17.6 Å². The second-order valence-electron chi connectivity index (χ2n) is 6.19. The maximum atomic E-state index is 13.9. The minimum absolute atomic E-state index is 0.0370. The molecule has 7 heteroatoms. The van der Waals surface area contributed by atoms with Gasteiger partial charge in [0.2, 0.25) is 5.91 Å². The van der Waals surface area contributed by atoms with Crippen LogP contribution in [0, 0.1) is 19.7 Å². The van der Waals surface area contributed by atoms with Gasteiger partial charge in [-0.25, -0.2) is 12.8 Å². The molecule has 1 amide bonds. The van der Waals surface area contributed by atoms with Gasteiger partial charge in [0.05, 0.1) is 10.6 Å². The van der Waals surface area contributed by atoms with Gasteiger partial charge in [-0.1, -0.05) is 6.07 Å². The van der Waals surface area contributed by atoms with E-state index < -0.39 is 15.8 Å². The van der Waals surface area contributed by atoms with Gasteiger partial charge in [-0.05, 0) is 61.7 Å². The minimum Gasteiger partial charge on any atom is -0.312 e. The average Bonchev–Trinajstić information content (AvgIpc) is 2.96. The summed E-state index contributed by atoms with van der Waals surface area (Å²) in [5.74, 6) is -0.596. The normalized spacial score (nSPS) is 14.8. The number of sulfonamides is 1. The van der Waals surface area contributed by atoms with E-state index in [0.717, 1.165) is 12.0 Å². The number of amides is 1. The first-order valence-electron chi connectivity index (χ1n) is 7.98. The van der Waals surface area contributed by atoms with E-state index in [0.29, 0.717) is 24.2 Å². The predicted molar refractivity (Wildman–Crippen MR) is 94.7 cm³/mol. The van der Waals surface area contributed by atoms with E-state index >= 15 is 0 Å². The molecular formula is C18H19FN2O3S. The monoisotopic (exact) mass is 362 g/mol. The van der Waals surface area contributed by atoms with Crippen molar-refractivity contribution in [2.45, 2.75) is 31.6 Å². The first kappa shape index (κ1) is 17.4. The van der Waals surface area contributed by atoms with Crippen LogP contribution in [0.4, 0.5) is 15.8 Å². The zero-order chi connectivity index (χ0) is 18.2. The number of hydrogen-bond donors (Lipinski definition) is 1. The van der Waals surface area contributed by atoms with Gasteiger partial charge in [0, 0.05) is 18.7 Å². The Labute approximate surface area is 146 Å². The van der Waals surface area contributed by atoms with Crippen molar-refractivity contribution in [3.05, 3.63) is 53.3 Å². The van der Waals surface area contributed by atoms with Gasteiger partial charge in [-0.3, -0.25) is 9.52 Å². The van der Waals surface area contributed by atoms with Crippen molar-refractivity contribution in [2.24, 2.45) is 0 Å². The largest absolute Gasteiger partial charge is 0.312 e. The molecule has 1 aliphatic heterocycles. The molecule has 0 aromatic heterocycles. The molecule has 2 aromatic rings. The molecule has 1 saturated heterocycles. The van der Waals surface area contributed by atoms with Crippen molar-refractivity contribution in [1.82, 2.24) is 0 Å². The summed E-state index contributed by atoms with van der Waals surface area (Å²) in [5.41, 5.74) is 1.84. The Morgan fingerprint density at radius 2 is 1.88 bits per heavy atom. The lowest BCUT2D eigenvalue weighted by molar-refractivity contribution is -0.117. The van der Waals surface area contributed by atoms with Gasteiger partial charge < -0.3 is 4.90 Å². The maximum absolute atomic E-state index is 13.9. The van der Waals surface area contributed by atoms with E-state index in [1.54, 1.807) is 36.9 Å². The van der Waals surface area contributed by atoms with E-state index in [2.05, 4.69) is 4.72 Å². The SMILES string of the molecule is Cc1ccc(F)c(NS(=O)(=O)c2ccc(N3CCCC3=O)cc2C)c1. The fourth-order valence-electron chi connectivity index (χ4n) is 2.94. The number of nitrogens with zero attached hydrogens (tertiary/aromatic N) is 1. The number of halogens is 1. The highest BCUT2D eigenvalue weighted by Crippen LogP contribution is 2.27. The van der Waals surface area contributed by atoms with Crippen molar-refractivity contribution < 1.29 is 17.6 Å². The lowest BCUT2D eigenvalue weighted by Crippen LogP contribution is -2.24. The lowest BCUT2D eigenvalue weighted by Gasteiger charge is -2.18. The molecule has 0 spiro atoms. The number of carbonyl (C=O) groups is 1. The van der Waals surface area contributed by atoms with Crippen molar-refractivity contribution >= 4 is 27.3 Å². The number of aryl methyl sites for hydroxylation is 2. The number of hydrogen-bond acceptors (Lipinski definition) is 3. The van der Waals surface area contributed by atoms with Crippen molar-refractivity contribution in [2.75, 3.05) is 16.2 Å². The molecule has 0 radical (unpaired) electrons. The number of rotatable bonds is 4. The Hall–Kier alpha value is -2.41. The summed E-state index contributed by atoms with van der Waals surface area (Å²) in [6.45, 7) is 4.05. The maximum Gasteiger partial charge on any atom is 0.262 e. The summed E-state index contributed by atoms with van der Waals surface area (Å²) in [6, 6.07) is 8.97. The first-order chi connectivity index (χ1) is 11.8. The van der Waals surface area contributed by atoms with E-state index in [1.165, 1.54) is 18.2 Å². The number of anilines is 2. The first-order valence-corrected chi connectivity index (χ1v) is 9.46. The third kappa shape index (κ3) is 3.51. The van der Waals surface area contributed by atoms with Crippen LogP contribution in [-0.4, -0.2) is 20.9 Å². The van der Waals surface area contributed by atoms with Crippen LogP contribution < -0.4 is 9.62 Å². The molecule has 1 fully saturated rings. The number of nitrogens with one attached hydrogen (secondary N) is 1. The molecule has 25 heavy (non-hydrogen) atoms. The fraction of sp³-hybridized carbons (Fsp3) is 0.278. The van der Waals surface area contributed by atoms with Crippen molar-refractivity contribution in [3.63, 3.8) is 0 Å². The molecule has 0 atom stereocenters. The Kier molecular flexibility index (Phi) is 4.51. The molecule has 0 unspecified atom stereocenters. The molecule has 0 bridgehead atoms. The highest BCUT2D eigenvalue weighted by Gasteiger charge is 2.24. The summed E-state index contributed by atoms with van der Waals surface area (Å²) in [7, 11) is -3.93. The van der Waals surface area contributed by atoms with Crippen LogP contribution in [0.25, 0.3) is 0 Å². The number of benzene rings is 2. The molecule has 3 rings (SSSR count). The van der Waals surface area contributed by atoms with Crippen LogP contribution in [-0.2, 0) is 14.8 Å². The minimum atomic E-state index is -3.93. The van der Waals surface area contributed by atoms with E-state index in [-0.39, 0.29) is 16.5 Å². The second kappa shape index (κ2) is 6.48. The molecule has 0 saturated carbocycles. The predicted octanol–water partition coefficient (Wildman–Crippen LogP) is 3.37. The fourth-order valence-corrected chi connectivity index (χ4v) is 4.23. The Balaban J connectivity index is 1.92. The van der Waals surface area contributed by atoms with Gasteiger partial charge in [-0.15, -0.1) is 0 Å². The Morgan fingerprint density at radius 3 is 2.52 bits per heavy atom. The third-order valence-electron chi connectivity index (χ3n) is 4.20. The Morgan fingerprint density at radius 1 is 1.12 bits per heavy atom. The molecule has 1 heterocycles. The summed E-state index contributed by atoms with van der Waals surface area (Å²) < 4.78 is 41.4. The van der Waals surface area contributed by atoms with Gasteiger partial charge in [-0.2, -0.15) is 0 Å². The molecular weight excluding hydrogens is 343 g/mol. The van der Waals surface area contributed by atoms with Crippen molar-refractivity contribution in [3.8, 4) is 0 Å². The molecule has 2 aromatic carbocycles. The van der Waals surface area contributed by atoms with Crippen LogP contribution in [0.1, 0.15) is 24.0 Å². The smallest absolute Gasteiger partial charge is 0.262 e. The average molecular weight is 362 g/mol. The standard InChI is InChI=1S/C18H19FN2O3S/c1-12-5-7-15(19)16(10-12)20-25(23,24)17-8-6-14(11-13(17)2)21-9-3-4-18(21)22/h5-8,10-11,20H,3-4,9H2,1-2H3. The summed E-state index contributed by atoms with van der Waals surface area (Å²) in [5, 5.41) is 0. The van der Waals surface area contributed by atoms with Gasteiger partial charge in [0.1, 0.15) is 5.82 Å². The van der Waals surface area contributed by atoms with Crippen LogP contribution in [0.15, 0.2) is 41.3 Å². The Bertz CT molecular complexity index is 941. The quantitative estimate of drug-likeness (QED) is 0.907. The molecule has 5 nitrogen and oxygen atoms in total. The molecule has 1 aliphatic rings. The molecule has 1 N–H and O–H groups in total. The summed E-state index contributed by atoms with van der Waals surface area (Å²) in [4.78, 5) is 13.5. The van der Waals surface area contributed by atoms with E-state index in [1.807, 2.05) is 0 Å².